The van der Waals surface area contributed by atoms with E-state index in [0.29, 0.717) is 17.9 Å². The van der Waals surface area contributed by atoms with Crippen molar-refractivity contribution >= 4 is 16.9 Å². The maximum absolute atomic E-state index is 12.0. The summed E-state index contributed by atoms with van der Waals surface area (Å²) in [5.74, 6) is 0.508. The van der Waals surface area contributed by atoms with Crippen molar-refractivity contribution in [3.8, 4) is 0 Å². The summed E-state index contributed by atoms with van der Waals surface area (Å²) in [6, 6.07) is 2.75. The molecule has 0 radical (unpaired) electrons. The van der Waals surface area contributed by atoms with Crippen LogP contribution in [-0.2, 0) is 6.54 Å². The second kappa shape index (κ2) is 7.48. The van der Waals surface area contributed by atoms with Gasteiger partial charge in [0.05, 0.1) is 6.20 Å². The van der Waals surface area contributed by atoms with Gasteiger partial charge in [0.15, 0.2) is 11.5 Å². The van der Waals surface area contributed by atoms with Gasteiger partial charge in [0.2, 0.25) is 0 Å². The molecule has 27 heavy (non-hydrogen) atoms. The van der Waals surface area contributed by atoms with E-state index in [9.17, 15) is 4.79 Å². The van der Waals surface area contributed by atoms with E-state index < -0.39 is 0 Å². The van der Waals surface area contributed by atoms with Gasteiger partial charge in [-0.15, -0.1) is 0 Å². The number of fused-ring (bicyclic) bond motifs is 1. The molecule has 0 aliphatic carbocycles. The number of aromatic amines is 1. The van der Waals surface area contributed by atoms with Crippen LogP contribution in [0, 0.1) is 0 Å². The van der Waals surface area contributed by atoms with Crippen molar-refractivity contribution in [2.45, 2.75) is 45.3 Å². The summed E-state index contributed by atoms with van der Waals surface area (Å²) < 4.78 is 1.94. The van der Waals surface area contributed by atoms with Crippen molar-refractivity contribution in [1.29, 1.82) is 0 Å². The maximum atomic E-state index is 12.0. The van der Waals surface area contributed by atoms with Crippen LogP contribution in [0.1, 0.15) is 38.3 Å². The van der Waals surface area contributed by atoms with E-state index in [-0.39, 0.29) is 5.56 Å². The summed E-state index contributed by atoms with van der Waals surface area (Å²) in [7, 11) is 0. The first kappa shape index (κ1) is 17.7. The van der Waals surface area contributed by atoms with Crippen LogP contribution in [0.15, 0.2) is 35.6 Å². The zero-order chi connectivity index (χ0) is 18.8. The highest BCUT2D eigenvalue weighted by molar-refractivity contribution is 5.75. The first-order valence-corrected chi connectivity index (χ1v) is 9.46. The molecule has 0 bridgehead atoms. The first-order valence-electron chi connectivity index (χ1n) is 9.46. The van der Waals surface area contributed by atoms with Crippen molar-refractivity contribution < 1.29 is 0 Å². The Morgan fingerprint density at radius 2 is 2.22 bits per heavy atom. The zero-order valence-electron chi connectivity index (χ0n) is 15.7. The molecule has 1 saturated heterocycles. The molecular formula is C19H25N7O. The molecule has 3 aromatic rings. The van der Waals surface area contributed by atoms with Gasteiger partial charge in [-0.1, -0.05) is 0 Å². The smallest absolute Gasteiger partial charge is 0.290 e. The topological polar surface area (TPSA) is 91.7 Å². The average molecular weight is 367 g/mol. The van der Waals surface area contributed by atoms with E-state index in [2.05, 4.69) is 50.2 Å². The summed E-state index contributed by atoms with van der Waals surface area (Å²) in [4.78, 5) is 25.6. The Morgan fingerprint density at radius 3 is 3.04 bits per heavy atom. The Bertz CT molecular complexity index is 977. The van der Waals surface area contributed by atoms with E-state index >= 15 is 0 Å². The van der Waals surface area contributed by atoms with Gasteiger partial charge in [-0.2, -0.15) is 5.10 Å². The molecule has 8 nitrogen and oxygen atoms in total. The number of H-pyrrole nitrogens is 1. The number of nitrogens with one attached hydrogen (secondary N) is 2. The number of aromatic nitrogens is 5. The van der Waals surface area contributed by atoms with E-state index in [1.165, 1.54) is 0 Å². The summed E-state index contributed by atoms with van der Waals surface area (Å²) >= 11 is 0. The molecule has 0 aromatic carbocycles. The van der Waals surface area contributed by atoms with Crippen molar-refractivity contribution in [2.75, 3.05) is 18.0 Å². The number of piperidine rings is 1. The van der Waals surface area contributed by atoms with Crippen LogP contribution in [0.2, 0.25) is 0 Å². The number of nitrogens with zero attached hydrogens (tertiary/aromatic N) is 5. The van der Waals surface area contributed by atoms with Crippen molar-refractivity contribution in [3.05, 3.63) is 46.8 Å². The highest BCUT2D eigenvalue weighted by Crippen LogP contribution is 2.18. The summed E-state index contributed by atoms with van der Waals surface area (Å²) in [6.45, 7) is 6.59. The molecule has 1 fully saturated rings. The van der Waals surface area contributed by atoms with Gasteiger partial charge in [-0.05, 0) is 38.3 Å². The van der Waals surface area contributed by atoms with Crippen LogP contribution < -0.4 is 15.8 Å². The number of hydrogen-bond donors (Lipinski definition) is 2. The molecule has 2 N–H and O–H groups in total. The maximum Gasteiger partial charge on any atom is 0.290 e. The molecule has 0 saturated carbocycles. The van der Waals surface area contributed by atoms with Gasteiger partial charge < -0.3 is 15.2 Å². The fourth-order valence-corrected chi connectivity index (χ4v) is 3.63. The fourth-order valence-electron chi connectivity index (χ4n) is 3.63. The summed E-state index contributed by atoms with van der Waals surface area (Å²) in [5, 5.41) is 9.09. The molecule has 4 heterocycles. The molecule has 4 rings (SSSR count). The normalized spacial score (nSPS) is 17.7. The van der Waals surface area contributed by atoms with Gasteiger partial charge >= 0.3 is 0 Å². The molecule has 1 atom stereocenters. The number of rotatable bonds is 5. The summed E-state index contributed by atoms with van der Waals surface area (Å²) in [5.41, 5.74) is 1.93. The average Bonchev–Trinajstić information content (AvgIpc) is 3.10. The Labute approximate surface area is 157 Å². The Kier molecular flexibility index (Phi) is 4.89. The number of hydrogen-bond acceptors (Lipinski definition) is 6. The molecule has 1 aliphatic heterocycles. The van der Waals surface area contributed by atoms with Crippen LogP contribution in [0.25, 0.3) is 11.0 Å². The lowest BCUT2D eigenvalue weighted by atomic mass is 10.1. The minimum atomic E-state index is -0.130. The van der Waals surface area contributed by atoms with Crippen LogP contribution in [0.3, 0.4) is 0 Å². The quantitative estimate of drug-likeness (QED) is 0.715. The van der Waals surface area contributed by atoms with Gasteiger partial charge in [0, 0.05) is 55.7 Å². The van der Waals surface area contributed by atoms with Crippen LogP contribution in [-0.4, -0.2) is 43.9 Å². The molecule has 8 heteroatoms. The second-order valence-electron chi connectivity index (χ2n) is 7.35. The van der Waals surface area contributed by atoms with Crippen LogP contribution >= 0.6 is 0 Å². The predicted octanol–water partition coefficient (Wildman–Crippen LogP) is 1.85. The third-order valence-corrected chi connectivity index (χ3v) is 4.98. The third-order valence-electron chi connectivity index (χ3n) is 4.98. The minimum absolute atomic E-state index is 0.130. The Morgan fingerprint density at radius 1 is 1.33 bits per heavy atom. The van der Waals surface area contributed by atoms with E-state index in [4.69, 9.17) is 0 Å². The van der Waals surface area contributed by atoms with Crippen molar-refractivity contribution in [2.24, 2.45) is 0 Å². The number of anilines is 1. The molecular weight excluding hydrogens is 342 g/mol. The second-order valence-corrected chi connectivity index (χ2v) is 7.35. The Balaban J connectivity index is 1.42. The van der Waals surface area contributed by atoms with E-state index in [1.54, 1.807) is 12.4 Å². The molecule has 0 unspecified atom stereocenters. The zero-order valence-corrected chi connectivity index (χ0v) is 15.7. The lowest BCUT2D eigenvalue weighted by molar-refractivity contribution is 0.419. The number of pyridine rings is 1. The van der Waals surface area contributed by atoms with Gasteiger partial charge in [-0.3, -0.25) is 4.79 Å². The predicted molar refractivity (Wildman–Crippen MR) is 105 cm³/mol. The van der Waals surface area contributed by atoms with Crippen LogP contribution in [0.4, 0.5) is 5.82 Å². The first-order chi connectivity index (χ1) is 13.1. The van der Waals surface area contributed by atoms with Gasteiger partial charge in [0.1, 0.15) is 0 Å². The van der Waals surface area contributed by atoms with Crippen molar-refractivity contribution in [3.63, 3.8) is 0 Å². The summed E-state index contributed by atoms with van der Waals surface area (Å²) in [6.07, 6.45) is 9.11. The largest absolute Gasteiger partial charge is 0.350 e. The third kappa shape index (κ3) is 3.71. The molecule has 0 spiro atoms. The highest BCUT2D eigenvalue weighted by atomic mass is 16.1. The van der Waals surface area contributed by atoms with E-state index in [1.807, 2.05) is 17.1 Å². The molecule has 0 amide bonds. The molecule has 142 valence electrons. The monoisotopic (exact) mass is 367 g/mol. The SMILES string of the molecule is CC(C)n1ncc2cc(CN[C@@H]3CCCN(c4ncc[nH]c4=O)C3)cnc21. The standard InChI is InChI=1S/C19H25N7O/c1-13(2)26-17-15(11-24-26)8-14(10-23-17)9-22-16-4-3-7-25(12-16)18-19(27)21-6-5-20-18/h5-6,8,10-11,13,16,22H,3-4,7,9,12H2,1-2H3,(H,21,27)/t16-/m1/s1. The fraction of sp³-hybridized carbons (Fsp3) is 0.474. The van der Waals surface area contributed by atoms with Gasteiger partial charge in [0.25, 0.3) is 5.56 Å². The lowest BCUT2D eigenvalue weighted by Gasteiger charge is -2.33. The molecule has 1 aliphatic rings. The van der Waals surface area contributed by atoms with Gasteiger partial charge in [-0.25, -0.2) is 14.6 Å². The van der Waals surface area contributed by atoms with Crippen molar-refractivity contribution in [1.82, 2.24) is 30.0 Å². The van der Waals surface area contributed by atoms with E-state index in [0.717, 1.165) is 49.1 Å². The highest BCUT2D eigenvalue weighted by Gasteiger charge is 2.22. The minimum Gasteiger partial charge on any atom is -0.350 e. The molecule has 3 aromatic heterocycles. The lowest BCUT2D eigenvalue weighted by Crippen LogP contribution is -2.47. The Hall–Kier alpha value is -2.74. The van der Waals surface area contributed by atoms with Crippen LogP contribution in [0.5, 0.6) is 0 Å².